The van der Waals surface area contributed by atoms with Gasteiger partial charge >= 0.3 is 0 Å². The summed E-state index contributed by atoms with van der Waals surface area (Å²) < 4.78 is 6.24. The molecule has 114 valence electrons. The molecule has 4 aliphatic carbocycles. The highest BCUT2D eigenvalue weighted by Crippen LogP contribution is 2.60. The van der Waals surface area contributed by atoms with Gasteiger partial charge < -0.3 is 10.5 Å². The van der Waals surface area contributed by atoms with Gasteiger partial charge in [-0.25, -0.2) is 0 Å². The maximum Gasteiger partial charge on any atom is 0.119 e. The average Bonchev–Trinajstić information content (AvgIpc) is 2.45. The first-order valence-corrected chi connectivity index (χ1v) is 8.66. The summed E-state index contributed by atoms with van der Waals surface area (Å²) in [7, 11) is 0. The zero-order valence-corrected chi connectivity index (χ0v) is 12.9. The third kappa shape index (κ3) is 2.70. The molecule has 0 saturated heterocycles. The van der Waals surface area contributed by atoms with Gasteiger partial charge in [0.2, 0.25) is 0 Å². The lowest BCUT2D eigenvalue weighted by molar-refractivity contribution is -0.0745. The average molecular weight is 285 g/mol. The van der Waals surface area contributed by atoms with E-state index in [1.807, 2.05) is 0 Å². The van der Waals surface area contributed by atoms with Crippen LogP contribution in [0.25, 0.3) is 0 Å². The van der Waals surface area contributed by atoms with Crippen molar-refractivity contribution in [3.8, 4) is 5.75 Å². The maximum absolute atomic E-state index is 6.24. The van der Waals surface area contributed by atoms with Gasteiger partial charge in [0.25, 0.3) is 0 Å². The first-order valence-electron chi connectivity index (χ1n) is 8.66. The van der Waals surface area contributed by atoms with Crippen LogP contribution in [0.4, 0.5) is 0 Å². The minimum Gasteiger partial charge on any atom is -0.493 e. The van der Waals surface area contributed by atoms with Crippen LogP contribution in [0.15, 0.2) is 24.3 Å². The van der Waals surface area contributed by atoms with Crippen molar-refractivity contribution in [3.05, 3.63) is 29.8 Å². The summed E-state index contributed by atoms with van der Waals surface area (Å²) in [5, 5.41) is 0. The van der Waals surface area contributed by atoms with Crippen LogP contribution in [-0.2, 0) is 6.42 Å². The Morgan fingerprint density at radius 3 is 2.33 bits per heavy atom. The minimum absolute atomic E-state index is 0.499. The molecule has 1 aromatic rings. The SMILES string of the molecule is NCCc1cccc(OCC23CC4CC(CC(C4)C2)C3)c1. The molecular weight excluding hydrogens is 258 g/mol. The van der Waals surface area contributed by atoms with E-state index in [1.54, 1.807) is 0 Å². The molecule has 4 aliphatic rings. The molecule has 1 aromatic carbocycles. The second-order valence-electron chi connectivity index (χ2n) is 7.89. The predicted octanol–water partition coefficient (Wildman–Crippen LogP) is 3.78. The Morgan fingerprint density at radius 2 is 1.71 bits per heavy atom. The Labute approximate surface area is 128 Å². The number of nitrogens with two attached hydrogens (primary N) is 1. The minimum atomic E-state index is 0.499. The van der Waals surface area contributed by atoms with Crippen LogP contribution < -0.4 is 10.5 Å². The summed E-state index contributed by atoms with van der Waals surface area (Å²) in [6.07, 6.45) is 9.71. The lowest BCUT2D eigenvalue weighted by Crippen LogP contribution is -2.48. The molecule has 21 heavy (non-hydrogen) atoms. The van der Waals surface area contributed by atoms with Crippen molar-refractivity contribution in [3.63, 3.8) is 0 Å². The molecule has 2 N–H and O–H groups in total. The van der Waals surface area contributed by atoms with E-state index in [4.69, 9.17) is 10.5 Å². The molecule has 0 aromatic heterocycles. The van der Waals surface area contributed by atoms with Crippen molar-refractivity contribution in [2.24, 2.45) is 28.9 Å². The maximum atomic E-state index is 6.24. The number of rotatable bonds is 5. The molecular formula is C19H27NO. The van der Waals surface area contributed by atoms with Crippen molar-refractivity contribution in [1.82, 2.24) is 0 Å². The van der Waals surface area contributed by atoms with Crippen LogP contribution in [0.5, 0.6) is 5.75 Å². The van der Waals surface area contributed by atoms with Gasteiger partial charge in [-0.05, 0) is 86.9 Å². The fourth-order valence-corrected chi connectivity index (χ4v) is 5.66. The number of hydrogen-bond donors (Lipinski definition) is 1. The number of ether oxygens (including phenoxy) is 1. The molecule has 5 rings (SSSR count). The summed E-state index contributed by atoms with van der Waals surface area (Å²) >= 11 is 0. The standard InChI is InChI=1S/C19H27NO/c20-5-4-14-2-1-3-18(9-14)21-13-19-10-15-6-16(11-19)8-17(7-15)12-19/h1-3,9,15-17H,4-8,10-13,20H2. The van der Waals surface area contributed by atoms with Crippen LogP contribution >= 0.6 is 0 Å². The summed E-state index contributed by atoms with van der Waals surface area (Å²) in [5.74, 6) is 4.05. The Bertz CT molecular complexity index is 475. The predicted molar refractivity (Wildman–Crippen MR) is 85.3 cm³/mol. The summed E-state index contributed by atoms with van der Waals surface area (Å²) in [4.78, 5) is 0. The zero-order chi connectivity index (χ0) is 14.3. The lowest BCUT2D eigenvalue weighted by atomic mass is 9.50. The van der Waals surface area contributed by atoms with Crippen molar-refractivity contribution in [2.75, 3.05) is 13.2 Å². The zero-order valence-electron chi connectivity index (χ0n) is 12.9. The van der Waals surface area contributed by atoms with E-state index in [0.29, 0.717) is 12.0 Å². The van der Waals surface area contributed by atoms with Gasteiger partial charge in [-0.1, -0.05) is 12.1 Å². The first kappa shape index (κ1) is 13.6. The Morgan fingerprint density at radius 1 is 1.05 bits per heavy atom. The monoisotopic (exact) mass is 285 g/mol. The molecule has 0 amide bonds. The number of hydrogen-bond acceptors (Lipinski definition) is 2. The van der Waals surface area contributed by atoms with E-state index < -0.39 is 0 Å². The Kier molecular flexibility index (Phi) is 3.45. The van der Waals surface area contributed by atoms with Crippen LogP contribution in [0.3, 0.4) is 0 Å². The van der Waals surface area contributed by atoms with E-state index in [1.165, 1.54) is 44.1 Å². The first-order chi connectivity index (χ1) is 10.2. The van der Waals surface area contributed by atoms with Crippen molar-refractivity contribution in [1.29, 1.82) is 0 Å². The highest BCUT2D eigenvalue weighted by Gasteiger charge is 2.51. The third-order valence-electron chi connectivity index (χ3n) is 6.04. The molecule has 4 saturated carbocycles. The summed E-state index contributed by atoms with van der Waals surface area (Å²) in [6, 6.07) is 8.51. The molecule has 4 bridgehead atoms. The van der Waals surface area contributed by atoms with Gasteiger partial charge in [0.05, 0.1) is 6.61 Å². The molecule has 0 atom stereocenters. The van der Waals surface area contributed by atoms with E-state index >= 15 is 0 Å². The van der Waals surface area contributed by atoms with Crippen LogP contribution in [0, 0.1) is 23.2 Å². The van der Waals surface area contributed by atoms with Crippen LogP contribution in [0.2, 0.25) is 0 Å². The largest absolute Gasteiger partial charge is 0.493 e. The molecule has 2 nitrogen and oxygen atoms in total. The second kappa shape index (κ2) is 5.31. The molecule has 0 spiro atoms. The summed E-state index contributed by atoms with van der Waals surface area (Å²) in [5.41, 5.74) is 7.44. The highest BCUT2D eigenvalue weighted by molar-refractivity contribution is 5.28. The van der Waals surface area contributed by atoms with Gasteiger partial charge in [0, 0.05) is 5.41 Å². The Balaban J connectivity index is 1.43. The smallest absolute Gasteiger partial charge is 0.119 e. The molecule has 2 heteroatoms. The highest BCUT2D eigenvalue weighted by atomic mass is 16.5. The Hall–Kier alpha value is -1.02. The van der Waals surface area contributed by atoms with E-state index in [2.05, 4.69) is 24.3 Å². The molecule has 4 fully saturated rings. The quantitative estimate of drug-likeness (QED) is 0.893. The van der Waals surface area contributed by atoms with Crippen LogP contribution in [0.1, 0.15) is 44.1 Å². The number of benzene rings is 1. The van der Waals surface area contributed by atoms with Crippen molar-refractivity contribution >= 4 is 0 Å². The van der Waals surface area contributed by atoms with E-state index in [0.717, 1.165) is 36.5 Å². The molecule has 0 radical (unpaired) electrons. The van der Waals surface area contributed by atoms with Gasteiger partial charge in [-0.3, -0.25) is 0 Å². The van der Waals surface area contributed by atoms with E-state index in [-0.39, 0.29) is 0 Å². The molecule has 0 aliphatic heterocycles. The van der Waals surface area contributed by atoms with Crippen molar-refractivity contribution in [2.45, 2.75) is 44.9 Å². The second-order valence-corrected chi connectivity index (χ2v) is 7.89. The van der Waals surface area contributed by atoms with Gasteiger partial charge in [0.15, 0.2) is 0 Å². The normalized spacial score (nSPS) is 36.9. The van der Waals surface area contributed by atoms with E-state index in [9.17, 15) is 0 Å². The lowest BCUT2D eigenvalue weighted by Gasteiger charge is -2.56. The molecule has 0 heterocycles. The van der Waals surface area contributed by atoms with Gasteiger partial charge in [0.1, 0.15) is 5.75 Å². The fraction of sp³-hybridized carbons (Fsp3) is 0.684. The fourth-order valence-electron chi connectivity index (χ4n) is 5.66. The van der Waals surface area contributed by atoms with Gasteiger partial charge in [-0.2, -0.15) is 0 Å². The van der Waals surface area contributed by atoms with Crippen LogP contribution in [-0.4, -0.2) is 13.2 Å². The van der Waals surface area contributed by atoms with Gasteiger partial charge in [-0.15, -0.1) is 0 Å². The summed E-state index contributed by atoms with van der Waals surface area (Å²) in [6.45, 7) is 1.64. The molecule has 0 unspecified atom stereocenters. The third-order valence-corrected chi connectivity index (χ3v) is 6.04. The van der Waals surface area contributed by atoms with Crippen molar-refractivity contribution < 1.29 is 4.74 Å². The topological polar surface area (TPSA) is 35.2 Å².